The second-order valence-electron chi connectivity index (χ2n) is 7.46. The third kappa shape index (κ3) is 4.32. The summed E-state index contributed by atoms with van der Waals surface area (Å²) < 4.78 is 26.7. The second kappa shape index (κ2) is 7.86. The van der Waals surface area contributed by atoms with E-state index >= 15 is 0 Å². The van der Waals surface area contributed by atoms with E-state index in [1.165, 1.54) is 28.5 Å². The zero-order valence-electron chi connectivity index (χ0n) is 15.9. The summed E-state index contributed by atoms with van der Waals surface area (Å²) in [5, 5.41) is 0. The van der Waals surface area contributed by atoms with Crippen molar-refractivity contribution in [3.63, 3.8) is 0 Å². The van der Waals surface area contributed by atoms with E-state index in [1.807, 2.05) is 24.3 Å². The molecule has 5 heteroatoms. The fourth-order valence-electron chi connectivity index (χ4n) is 4.12. The van der Waals surface area contributed by atoms with Gasteiger partial charge in [0.05, 0.1) is 6.26 Å². The van der Waals surface area contributed by atoms with E-state index in [9.17, 15) is 8.42 Å². The third-order valence-corrected chi connectivity index (χ3v) is 6.07. The molecule has 4 rings (SSSR count). The van der Waals surface area contributed by atoms with Crippen LogP contribution in [0, 0.1) is 0 Å². The lowest BCUT2D eigenvalue weighted by Gasteiger charge is -2.33. The third-order valence-electron chi connectivity index (χ3n) is 5.34. The standard InChI is InChI=1S/C23H24N2O2S/c1-28(26,27)25-22-13-12-19-11-6-14-24-23(19)21(22)16-17-7-5-10-20(15-17)18-8-3-2-4-9-18/h2-11,14-15,21-22,25H,12-13,16H2,1H3/t21-,22-/m0/s1. The quantitative estimate of drug-likeness (QED) is 0.715. The van der Waals surface area contributed by atoms with Gasteiger partial charge in [-0.2, -0.15) is 0 Å². The summed E-state index contributed by atoms with van der Waals surface area (Å²) in [5.74, 6) is 0.0192. The number of nitrogens with zero attached hydrogens (tertiary/aromatic N) is 1. The van der Waals surface area contributed by atoms with E-state index < -0.39 is 10.0 Å². The number of pyridine rings is 1. The van der Waals surface area contributed by atoms with E-state index in [-0.39, 0.29) is 12.0 Å². The molecule has 0 aliphatic heterocycles. The lowest BCUT2D eigenvalue weighted by molar-refractivity contribution is 0.422. The van der Waals surface area contributed by atoms with E-state index in [2.05, 4.69) is 52.2 Å². The molecule has 0 fully saturated rings. The molecule has 0 saturated carbocycles. The molecule has 144 valence electrons. The van der Waals surface area contributed by atoms with E-state index in [4.69, 9.17) is 0 Å². The first-order chi connectivity index (χ1) is 13.5. The molecule has 28 heavy (non-hydrogen) atoms. The number of aromatic nitrogens is 1. The molecule has 0 spiro atoms. The highest BCUT2D eigenvalue weighted by Crippen LogP contribution is 2.34. The number of nitrogens with one attached hydrogen (secondary N) is 1. The van der Waals surface area contributed by atoms with E-state index in [1.54, 1.807) is 6.20 Å². The minimum Gasteiger partial charge on any atom is -0.261 e. The summed E-state index contributed by atoms with van der Waals surface area (Å²) in [6, 6.07) is 22.7. The van der Waals surface area contributed by atoms with Crippen molar-refractivity contribution < 1.29 is 8.42 Å². The zero-order valence-corrected chi connectivity index (χ0v) is 16.7. The molecule has 0 radical (unpaired) electrons. The highest BCUT2D eigenvalue weighted by molar-refractivity contribution is 7.88. The molecule has 2 atom stereocenters. The Morgan fingerprint density at radius 1 is 1.00 bits per heavy atom. The summed E-state index contributed by atoms with van der Waals surface area (Å²) in [5.41, 5.74) is 5.77. The molecule has 2 aromatic carbocycles. The van der Waals surface area contributed by atoms with Crippen LogP contribution in [0.15, 0.2) is 72.9 Å². The van der Waals surface area contributed by atoms with Gasteiger partial charge in [0.2, 0.25) is 10.0 Å². The fourth-order valence-corrected chi connectivity index (χ4v) is 4.95. The van der Waals surface area contributed by atoms with Gasteiger partial charge < -0.3 is 0 Å². The molecule has 0 amide bonds. The zero-order chi connectivity index (χ0) is 19.6. The summed E-state index contributed by atoms with van der Waals surface area (Å²) in [6.45, 7) is 0. The summed E-state index contributed by atoms with van der Waals surface area (Å²) >= 11 is 0. The number of aryl methyl sites for hydroxylation is 1. The van der Waals surface area contributed by atoms with E-state index in [0.29, 0.717) is 0 Å². The topological polar surface area (TPSA) is 59.1 Å². The van der Waals surface area contributed by atoms with Gasteiger partial charge in [-0.05, 0) is 47.6 Å². The largest absolute Gasteiger partial charge is 0.261 e. The summed E-state index contributed by atoms with van der Waals surface area (Å²) in [6.07, 6.45) is 5.41. The Morgan fingerprint density at radius 2 is 1.79 bits per heavy atom. The Balaban J connectivity index is 1.67. The van der Waals surface area contributed by atoms with Crippen molar-refractivity contribution in [2.24, 2.45) is 0 Å². The van der Waals surface area contributed by atoms with Crippen LogP contribution in [0.2, 0.25) is 0 Å². The fraction of sp³-hybridized carbons (Fsp3) is 0.261. The predicted molar refractivity (Wildman–Crippen MR) is 113 cm³/mol. The van der Waals surface area contributed by atoms with Crippen LogP contribution in [0.25, 0.3) is 11.1 Å². The maximum Gasteiger partial charge on any atom is 0.208 e. The van der Waals surface area contributed by atoms with Crippen molar-refractivity contribution in [1.82, 2.24) is 9.71 Å². The number of hydrogen-bond acceptors (Lipinski definition) is 3. The molecule has 0 saturated heterocycles. The maximum absolute atomic E-state index is 11.9. The number of rotatable bonds is 5. The molecule has 0 bridgehead atoms. The minimum atomic E-state index is -3.28. The van der Waals surface area contributed by atoms with E-state index in [0.717, 1.165) is 25.0 Å². The molecule has 1 heterocycles. The van der Waals surface area contributed by atoms with Gasteiger partial charge >= 0.3 is 0 Å². The van der Waals surface area contributed by atoms with Crippen molar-refractivity contribution in [3.8, 4) is 11.1 Å². The second-order valence-corrected chi connectivity index (χ2v) is 9.24. The molecule has 4 nitrogen and oxygen atoms in total. The molecule has 1 aliphatic rings. The van der Waals surface area contributed by atoms with Crippen molar-refractivity contribution in [3.05, 3.63) is 89.7 Å². The highest BCUT2D eigenvalue weighted by atomic mass is 32.2. The molecule has 1 aromatic heterocycles. The first-order valence-electron chi connectivity index (χ1n) is 9.55. The Labute approximate surface area is 166 Å². The molecule has 3 aromatic rings. The summed E-state index contributed by atoms with van der Waals surface area (Å²) in [7, 11) is -3.28. The van der Waals surface area contributed by atoms with Crippen LogP contribution in [0.1, 0.15) is 29.2 Å². The lowest BCUT2D eigenvalue weighted by atomic mass is 9.79. The Kier molecular flexibility index (Phi) is 5.29. The highest BCUT2D eigenvalue weighted by Gasteiger charge is 2.32. The van der Waals surface area contributed by atoms with Gasteiger partial charge in [0.25, 0.3) is 0 Å². The SMILES string of the molecule is CS(=O)(=O)N[C@H]1CCc2cccnc2[C@H]1Cc1cccc(-c2ccccc2)c1. The van der Waals surface area contributed by atoms with Gasteiger partial charge in [-0.3, -0.25) is 4.98 Å². The monoisotopic (exact) mass is 392 g/mol. The van der Waals surface area contributed by atoms with Gasteiger partial charge in [0.15, 0.2) is 0 Å². The Hall–Kier alpha value is -2.50. The van der Waals surface area contributed by atoms with Crippen LogP contribution in [-0.4, -0.2) is 25.7 Å². The average Bonchev–Trinajstić information content (AvgIpc) is 2.70. The number of benzene rings is 2. The van der Waals surface area contributed by atoms with Crippen LogP contribution < -0.4 is 4.72 Å². The molecular weight excluding hydrogens is 368 g/mol. The normalized spacial score (nSPS) is 19.2. The van der Waals surface area contributed by atoms with Crippen molar-refractivity contribution in [2.75, 3.05) is 6.26 Å². The number of sulfonamides is 1. The molecule has 1 N–H and O–H groups in total. The van der Waals surface area contributed by atoms with Gasteiger partial charge in [-0.15, -0.1) is 0 Å². The van der Waals surface area contributed by atoms with Crippen LogP contribution >= 0.6 is 0 Å². The molecular formula is C23H24N2O2S. The molecule has 0 unspecified atom stereocenters. The minimum absolute atomic E-state index is 0.0192. The lowest BCUT2D eigenvalue weighted by Crippen LogP contribution is -2.42. The van der Waals surface area contributed by atoms with Gasteiger partial charge in [-0.1, -0.05) is 60.7 Å². The van der Waals surface area contributed by atoms with Crippen molar-refractivity contribution in [2.45, 2.75) is 31.2 Å². The smallest absolute Gasteiger partial charge is 0.208 e. The van der Waals surface area contributed by atoms with Gasteiger partial charge in [0.1, 0.15) is 0 Å². The Morgan fingerprint density at radius 3 is 2.57 bits per heavy atom. The first kappa shape index (κ1) is 18.8. The average molecular weight is 393 g/mol. The van der Waals surface area contributed by atoms with Crippen LogP contribution in [0.5, 0.6) is 0 Å². The van der Waals surface area contributed by atoms with Crippen LogP contribution in [0.3, 0.4) is 0 Å². The Bertz CT molecular complexity index is 1060. The van der Waals surface area contributed by atoms with Crippen molar-refractivity contribution in [1.29, 1.82) is 0 Å². The van der Waals surface area contributed by atoms with Gasteiger partial charge in [-0.25, -0.2) is 13.1 Å². The van der Waals surface area contributed by atoms with Gasteiger partial charge in [0, 0.05) is 23.9 Å². The predicted octanol–water partition coefficient (Wildman–Crippen LogP) is 3.94. The molecule has 1 aliphatic carbocycles. The van der Waals surface area contributed by atoms with Crippen LogP contribution in [0.4, 0.5) is 0 Å². The van der Waals surface area contributed by atoms with Crippen molar-refractivity contribution >= 4 is 10.0 Å². The first-order valence-corrected chi connectivity index (χ1v) is 11.4. The number of hydrogen-bond donors (Lipinski definition) is 1. The van der Waals surface area contributed by atoms with Crippen LogP contribution in [-0.2, 0) is 22.9 Å². The maximum atomic E-state index is 11.9. The summed E-state index contributed by atoms with van der Waals surface area (Å²) in [4.78, 5) is 4.62. The number of fused-ring (bicyclic) bond motifs is 1.